The van der Waals surface area contributed by atoms with Gasteiger partial charge in [0.25, 0.3) is 0 Å². The second kappa shape index (κ2) is 3.84. The van der Waals surface area contributed by atoms with Crippen molar-refractivity contribution in [1.29, 1.82) is 0 Å². The van der Waals surface area contributed by atoms with Crippen molar-refractivity contribution in [1.82, 2.24) is 0 Å². The molecule has 1 rings (SSSR count). The molecule has 0 amide bonds. The highest BCUT2D eigenvalue weighted by molar-refractivity contribution is 6.30. The zero-order chi connectivity index (χ0) is 8.97. The van der Waals surface area contributed by atoms with E-state index in [2.05, 4.69) is 16.6 Å². The Hall–Kier alpha value is -1.40. The molecule has 0 aromatic carbocycles. The summed E-state index contributed by atoms with van der Waals surface area (Å²) in [6.07, 6.45) is 1.39. The minimum absolute atomic E-state index is 0.173. The molecular weight excluding hydrogens is 180 g/mol. The number of halogens is 1. The van der Waals surface area contributed by atoms with Crippen molar-refractivity contribution in [3.63, 3.8) is 0 Å². The fraction of sp³-hybridized carbons (Fsp3) is 0.125. The van der Waals surface area contributed by atoms with Crippen LogP contribution in [0.25, 0.3) is 0 Å². The lowest BCUT2D eigenvalue weighted by molar-refractivity contribution is -0.133. The van der Waals surface area contributed by atoms with E-state index >= 15 is 0 Å². The van der Waals surface area contributed by atoms with E-state index in [1.54, 1.807) is 6.07 Å². The number of furan rings is 1. The van der Waals surface area contributed by atoms with Crippen molar-refractivity contribution >= 4 is 17.6 Å². The zero-order valence-corrected chi connectivity index (χ0v) is 7.01. The van der Waals surface area contributed by atoms with Gasteiger partial charge in [-0.25, -0.2) is 4.79 Å². The molecule has 0 N–H and O–H groups in total. The van der Waals surface area contributed by atoms with Crippen LogP contribution in [0.1, 0.15) is 5.56 Å². The van der Waals surface area contributed by atoms with Gasteiger partial charge in [-0.15, -0.1) is 0 Å². The molecule has 0 spiro atoms. The van der Waals surface area contributed by atoms with Crippen LogP contribution < -0.4 is 0 Å². The minimum Gasteiger partial charge on any atom is -0.459 e. The van der Waals surface area contributed by atoms with Gasteiger partial charge in [0.15, 0.2) is 0 Å². The molecular formula is C8H5ClO3. The first-order chi connectivity index (χ1) is 5.74. The fourth-order valence-corrected chi connectivity index (χ4v) is 0.713. The molecule has 0 saturated carbocycles. The van der Waals surface area contributed by atoms with Crippen LogP contribution in [0.3, 0.4) is 0 Å². The Kier molecular flexibility index (Phi) is 2.78. The number of esters is 1. The SMILES string of the molecule is COC(=O)C#Cc1ccoc1Cl. The zero-order valence-electron chi connectivity index (χ0n) is 6.26. The van der Waals surface area contributed by atoms with Crippen LogP contribution in [-0.4, -0.2) is 13.1 Å². The molecule has 0 atom stereocenters. The summed E-state index contributed by atoms with van der Waals surface area (Å²) >= 11 is 5.55. The van der Waals surface area contributed by atoms with Gasteiger partial charge in [0.05, 0.1) is 18.9 Å². The van der Waals surface area contributed by atoms with Gasteiger partial charge in [0.1, 0.15) is 0 Å². The van der Waals surface area contributed by atoms with Crippen molar-refractivity contribution in [3.05, 3.63) is 23.1 Å². The van der Waals surface area contributed by atoms with Gasteiger partial charge in [-0.05, 0) is 23.6 Å². The topological polar surface area (TPSA) is 39.4 Å². The van der Waals surface area contributed by atoms with Crippen LogP contribution >= 0.6 is 11.6 Å². The van der Waals surface area contributed by atoms with E-state index in [0.717, 1.165) is 0 Å². The highest BCUT2D eigenvalue weighted by Crippen LogP contribution is 2.14. The quantitative estimate of drug-likeness (QED) is 0.453. The molecule has 1 aromatic heterocycles. The molecule has 1 heterocycles. The van der Waals surface area contributed by atoms with Crippen molar-refractivity contribution in [2.75, 3.05) is 7.11 Å². The predicted molar refractivity (Wildman–Crippen MR) is 42.6 cm³/mol. The maximum Gasteiger partial charge on any atom is 0.384 e. The number of hydrogen-bond acceptors (Lipinski definition) is 3. The first-order valence-electron chi connectivity index (χ1n) is 3.07. The van der Waals surface area contributed by atoms with Crippen LogP contribution in [0, 0.1) is 11.8 Å². The van der Waals surface area contributed by atoms with E-state index in [4.69, 9.17) is 16.0 Å². The van der Waals surface area contributed by atoms with E-state index in [1.165, 1.54) is 13.4 Å². The van der Waals surface area contributed by atoms with Gasteiger partial charge in [0, 0.05) is 5.92 Å². The number of ether oxygens (including phenoxy) is 1. The van der Waals surface area contributed by atoms with E-state index in [1.807, 2.05) is 0 Å². The van der Waals surface area contributed by atoms with E-state index in [-0.39, 0.29) is 5.22 Å². The van der Waals surface area contributed by atoms with Crippen molar-refractivity contribution in [2.45, 2.75) is 0 Å². The highest BCUT2D eigenvalue weighted by Gasteiger charge is 1.98. The van der Waals surface area contributed by atoms with Crippen molar-refractivity contribution < 1.29 is 13.9 Å². The molecule has 0 unspecified atom stereocenters. The summed E-state index contributed by atoms with van der Waals surface area (Å²) in [7, 11) is 1.26. The molecule has 12 heavy (non-hydrogen) atoms. The summed E-state index contributed by atoms with van der Waals surface area (Å²) in [5.74, 6) is 4.11. The second-order valence-electron chi connectivity index (χ2n) is 1.85. The van der Waals surface area contributed by atoms with Gasteiger partial charge in [-0.3, -0.25) is 0 Å². The van der Waals surface area contributed by atoms with Crippen LogP contribution in [0.5, 0.6) is 0 Å². The first-order valence-corrected chi connectivity index (χ1v) is 3.45. The van der Waals surface area contributed by atoms with Crippen molar-refractivity contribution in [2.24, 2.45) is 0 Å². The van der Waals surface area contributed by atoms with Crippen LogP contribution in [-0.2, 0) is 9.53 Å². The summed E-state index contributed by atoms with van der Waals surface area (Å²) in [6, 6.07) is 1.57. The number of hydrogen-bond donors (Lipinski definition) is 0. The molecule has 3 nitrogen and oxygen atoms in total. The number of methoxy groups -OCH3 is 1. The fourth-order valence-electron chi connectivity index (χ4n) is 0.551. The average Bonchev–Trinajstić information content (AvgIpc) is 2.47. The third kappa shape index (κ3) is 2.04. The van der Waals surface area contributed by atoms with Gasteiger partial charge in [-0.2, -0.15) is 0 Å². The molecule has 0 radical (unpaired) electrons. The second-order valence-corrected chi connectivity index (χ2v) is 2.19. The van der Waals surface area contributed by atoms with E-state index < -0.39 is 5.97 Å². The maximum absolute atomic E-state index is 10.5. The third-order valence-corrected chi connectivity index (χ3v) is 1.40. The Balaban J connectivity index is 2.79. The normalized spacial score (nSPS) is 8.50. The lowest BCUT2D eigenvalue weighted by Gasteiger charge is -1.83. The average molecular weight is 185 g/mol. The molecule has 0 aliphatic heterocycles. The highest BCUT2D eigenvalue weighted by atomic mass is 35.5. The predicted octanol–water partition coefficient (Wildman–Crippen LogP) is 1.46. The summed E-state index contributed by atoms with van der Waals surface area (Å²) in [5, 5.41) is 0.173. The van der Waals surface area contributed by atoms with E-state index in [9.17, 15) is 4.79 Å². The molecule has 0 aliphatic carbocycles. The number of rotatable bonds is 0. The standard InChI is InChI=1S/C8H5ClO3/c1-11-7(10)3-2-6-4-5-12-8(6)9/h4-5H,1H3. The molecule has 4 heteroatoms. The summed E-state index contributed by atoms with van der Waals surface area (Å²) in [4.78, 5) is 10.5. The Morgan fingerprint density at radius 3 is 3.00 bits per heavy atom. The van der Waals surface area contributed by atoms with E-state index in [0.29, 0.717) is 5.56 Å². The largest absolute Gasteiger partial charge is 0.459 e. The summed E-state index contributed by atoms with van der Waals surface area (Å²) in [5.41, 5.74) is 0.474. The van der Waals surface area contributed by atoms with Crippen LogP contribution in [0.15, 0.2) is 16.7 Å². The molecule has 0 fully saturated rings. The Morgan fingerprint density at radius 1 is 1.75 bits per heavy atom. The van der Waals surface area contributed by atoms with Crippen molar-refractivity contribution in [3.8, 4) is 11.8 Å². The lowest BCUT2D eigenvalue weighted by atomic mass is 10.3. The first kappa shape index (κ1) is 8.69. The number of carbonyl (C=O) groups is 1. The molecule has 62 valence electrons. The molecule has 0 bridgehead atoms. The molecule has 1 aromatic rings. The summed E-state index contributed by atoms with van der Waals surface area (Å²) in [6.45, 7) is 0. The summed E-state index contributed by atoms with van der Waals surface area (Å²) < 4.78 is 9.04. The molecule has 0 saturated heterocycles. The maximum atomic E-state index is 10.5. The van der Waals surface area contributed by atoms with Crippen LogP contribution in [0.4, 0.5) is 0 Å². The Morgan fingerprint density at radius 2 is 2.50 bits per heavy atom. The van der Waals surface area contributed by atoms with Crippen LogP contribution in [0.2, 0.25) is 5.22 Å². The minimum atomic E-state index is -0.604. The lowest BCUT2D eigenvalue weighted by Crippen LogP contribution is -1.94. The third-order valence-electron chi connectivity index (χ3n) is 1.10. The van der Waals surface area contributed by atoms with Gasteiger partial charge < -0.3 is 9.15 Å². The monoisotopic (exact) mass is 184 g/mol. The van der Waals surface area contributed by atoms with Gasteiger partial charge >= 0.3 is 5.97 Å². The Bertz CT molecular complexity index is 343. The number of carbonyl (C=O) groups excluding carboxylic acids is 1. The van der Waals surface area contributed by atoms with Gasteiger partial charge in [0.2, 0.25) is 5.22 Å². The molecule has 0 aliphatic rings. The van der Waals surface area contributed by atoms with Gasteiger partial charge in [-0.1, -0.05) is 0 Å². The Labute approximate surface area is 74.3 Å². The smallest absolute Gasteiger partial charge is 0.384 e.